The number of benzene rings is 2. The fourth-order valence-corrected chi connectivity index (χ4v) is 3.04. The molecule has 1 heterocycles. The van der Waals surface area contributed by atoms with Gasteiger partial charge in [0.2, 0.25) is 0 Å². The van der Waals surface area contributed by atoms with E-state index in [0.717, 1.165) is 21.4 Å². The van der Waals surface area contributed by atoms with Crippen molar-refractivity contribution in [3.63, 3.8) is 0 Å². The predicted octanol–water partition coefficient (Wildman–Crippen LogP) is 2.55. The minimum Gasteiger partial charge on any atom is -0.497 e. The highest BCUT2D eigenvalue weighted by molar-refractivity contribution is 6.30. The third kappa shape index (κ3) is 4.50. The van der Waals surface area contributed by atoms with Crippen molar-refractivity contribution in [2.24, 2.45) is 0 Å². The summed E-state index contributed by atoms with van der Waals surface area (Å²) in [5.41, 5.74) is 2.51. The van der Waals surface area contributed by atoms with Crippen LogP contribution in [0.2, 0.25) is 5.15 Å². The van der Waals surface area contributed by atoms with E-state index >= 15 is 0 Å². The number of para-hydroxylation sites is 1. The lowest BCUT2D eigenvalue weighted by atomic mass is 10.1. The van der Waals surface area contributed by atoms with Gasteiger partial charge < -0.3 is 15.0 Å². The Balaban J connectivity index is 1.63. The molecule has 1 unspecified atom stereocenters. The van der Waals surface area contributed by atoms with Gasteiger partial charge in [0.05, 0.1) is 19.7 Å². The number of aromatic nitrogens is 1. The Morgan fingerprint density at radius 2 is 2.00 bits per heavy atom. The van der Waals surface area contributed by atoms with Gasteiger partial charge in [0.1, 0.15) is 17.4 Å². The van der Waals surface area contributed by atoms with Gasteiger partial charge >= 0.3 is 0 Å². The van der Waals surface area contributed by atoms with E-state index in [-0.39, 0.29) is 5.91 Å². The molecule has 3 rings (SSSR count). The Morgan fingerprint density at radius 1 is 1.19 bits per heavy atom. The van der Waals surface area contributed by atoms with Crippen molar-refractivity contribution in [2.75, 3.05) is 26.0 Å². The molecule has 26 heavy (non-hydrogen) atoms. The van der Waals surface area contributed by atoms with E-state index < -0.39 is 0 Å². The van der Waals surface area contributed by atoms with Crippen molar-refractivity contribution < 1.29 is 14.4 Å². The maximum atomic E-state index is 12.3. The number of methoxy groups -OCH3 is 1. The second kappa shape index (κ2) is 8.17. The summed E-state index contributed by atoms with van der Waals surface area (Å²) in [7, 11) is 3.55. The van der Waals surface area contributed by atoms with E-state index in [0.29, 0.717) is 29.7 Å². The van der Waals surface area contributed by atoms with Crippen LogP contribution >= 0.6 is 11.6 Å². The van der Waals surface area contributed by atoms with E-state index in [2.05, 4.69) is 10.3 Å². The number of ether oxygens (including phenoxy) is 1. The molecule has 0 saturated carbocycles. The molecule has 0 saturated heterocycles. The maximum absolute atomic E-state index is 12.3. The first-order valence-electron chi connectivity index (χ1n) is 8.34. The molecule has 134 valence electrons. The number of likely N-dealkylation sites (N-methyl/N-ethyl adjacent to an activating group) is 1. The summed E-state index contributed by atoms with van der Waals surface area (Å²) < 4.78 is 5.17. The number of hydrogen-bond donors (Lipinski definition) is 2. The number of pyridine rings is 1. The van der Waals surface area contributed by atoms with Crippen molar-refractivity contribution in [3.05, 3.63) is 65.3 Å². The number of carbonyl (C=O) groups excluding carboxylic acids is 1. The summed E-state index contributed by atoms with van der Waals surface area (Å²) in [5, 5.41) is 4.41. The topological polar surface area (TPSA) is 55.7 Å². The van der Waals surface area contributed by atoms with Crippen molar-refractivity contribution >= 4 is 34.1 Å². The van der Waals surface area contributed by atoms with Gasteiger partial charge in [-0.3, -0.25) is 4.79 Å². The van der Waals surface area contributed by atoms with Gasteiger partial charge in [-0.05, 0) is 24.3 Å². The van der Waals surface area contributed by atoms with Crippen LogP contribution < -0.4 is 15.0 Å². The first-order valence-corrected chi connectivity index (χ1v) is 8.72. The van der Waals surface area contributed by atoms with Crippen LogP contribution in [0.25, 0.3) is 10.9 Å². The standard InChI is InChI=1S/C20H20ClN3O2/c1-24(13-19(25)22-16-7-5-8-17(11-16)26-2)12-15-10-14-6-3-4-9-18(14)23-20(15)21/h3-11H,12-13H2,1-2H3,(H,22,25)/p+1. The van der Waals surface area contributed by atoms with E-state index in [1.165, 1.54) is 0 Å². The zero-order valence-corrected chi connectivity index (χ0v) is 15.5. The molecule has 0 radical (unpaired) electrons. The van der Waals surface area contributed by atoms with Crippen LogP contribution in [0.15, 0.2) is 54.6 Å². The first-order chi connectivity index (χ1) is 12.5. The number of nitrogens with zero attached hydrogens (tertiary/aromatic N) is 1. The fourth-order valence-electron chi connectivity index (χ4n) is 2.83. The Kier molecular flexibility index (Phi) is 5.71. The maximum Gasteiger partial charge on any atom is 0.279 e. The second-order valence-electron chi connectivity index (χ2n) is 6.22. The SMILES string of the molecule is COc1cccc(NC(=O)C[NH+](C)Cc2cc3ccccc3nc2Cl)c1. The van der Waals surface area contributed by atoms with Gasteiger partial charge in [-0.15, -0.1) is 0 Å². The number of halogens is 1. The Morgan fingerprint density at radius 3 is 2.81 bits per heavy atom. The molecule has 3 aromatic rings. The quantitative estimate of drug-likeness (QED) is 0.656. The minimum atomic E-state index is -0.0689. The molecular weight excluding hydrogens is 350 g/mol. The second-order valence-corrected chi connectivity index (χ2v) is 6.58. The third-order valence-corrected chi connectivity index (χ3v) is 4.39. The Bertz CT molecular complexity index is 930. The van der Waals surface area contributed by atoms with Crippen LogP contribution in [0.1, 0.15) is 5.56 Å². The molecule has 1 aromatic heterocycles. The van der Waals surface area contributed by atoms with Gasteiger partial charge in [-0.2, -0.15) is 0 Å². The normalized spacial score (nSPS) is 12.0. The highest BCUT2D eigenvalue weighted by Gasteiger charge is 2.14. The van der Waals surface area contributed by atoms with Crippen LogP contribution in [0.4, 0.5) is 5.69 Å². The zero-order chi connectivity index (χ0) is 18.5. The fraction of sp³-hybridized carbons (Fsp3) is 0.200. The van der Waals surface area contributed by atoms with Crippen molar-refractivity contribution in [2.45, 2.75) is 6.54 Å². The molecule has 2 aromatic carbocycles. The first kappa shape index (κ1) is 18.2. The largest absolute Gasteiger partial charge is 0.497 e. The minimum absolute atomic E-state index is 0.0689. The molecule has 5 nitrogen and oxygen atoms in total. The molecule has 2 N–H and O–H groups in total. The summed E-state index contributed by atoms with van der Waals surface area (Å²) in [6.07, 6.45) is 0. The van der Waals surface area contributed by atoms with Crippen LogP contribution in [0, 0.1) is 0 Å². The van der Waals surface area contributed by atoms with Gasteiger partial charge in [-0.25, -0.2) is 4.98 Å². The number of fused-ring (bicyclic) bond motifs is 1. The zero-order valence-electron chi connectivity index (χ0n) is 14.8. The molecule has 0 aliphatic carbocycles. The van der Waals surface area contributed by atoms with E-state index in [4.69, 9.17) is 16.3 Å². The van der Waals surface area contributed by atoms with E-state index in [9.17, 15) is 4.79 Å². The lowest BCUT2D eigenvalue weighted by Gasteiger charge is -2.15. The number of amides is 1. The Hall–Kier alpha value is -2.63. The van der Waals surface area contributed by atoms with Crippen LogP contribution in [0.3, 0.4) is 0 Å². The highest BCUT2D eigenvalue weighted by atomic mass is 35.5. The van der Waals surface area contributed by atoms with Crippen LogP contribution in [0.5, 0.6) is 5.75 Å². The van der Waals surface area contributed by atoms with Crippen LogP contribution in [-0.4, -0.2) is 31.6 Å². The number of anilines is 1. The average molecular weight is 371 g/mol. The third-order valence-electron chi connectivity index (χ3n) is 4.06. The number of hydrogen-bond acceptors (Lipinski definition) is 3. The summed E-state index contributed by atoms with van der Waals surface area (Å²) in [5.74, 6) is 0.637. The lowest BCUT2D eigenvalue weighted by Crippen LogP contribution is -3.08. The van der Waals surface area contributed by atoms with E-state index in [1.54, 1.807) is 13.2 Å². The molecule has 1 amide bonds. The summed E-state index contributed by atoms with van der Waals surface area (Å²) in [4.78, 5) is 17.7. The number of carbonyl (C=O) groups is 1. The summed E-state index contributed by atoms with van der Waals surface area (Å²) in [6.45, 7) is 0.933. The highest BCUT2D eigenvalue weighted by Crippen LogP contribution is 2.19. The molecule has 0 bridgehead atoms. The van der Waals surface area contributed by atoms with Gasteiger partial charge in [0.15, 0.2) is 6.54 Å². The molecule has 0 spiro atoms. The average Bonchev–Trinajstić information content (AvgIpc) is 2.62. The molecular formula is C20H21ClN3O2+. The lowest BCUT2D eigenvalue weighted by molar-refractivity contribution is -0.885. The predicted molar refractivity (Wildman–Crippen MR) is 104 cm³/mol. The smallest absolute Gasteiger partial charge is 0.279 e. The monoisotopic (exact) mass is 370 g/mol. The summed E-state index contributed by atoms with van der Waals surface area (Å²) >= 11 is 6.31. The summed E-state index contributed by atoms with van der Waals surface area (Å²) in [6, 6.07) is 17.2. The molecule has 0 aliphatic rings. The van der Waals surface area contributed by atoms with Crippen molar-refractivity contribution in [1.29, 1.82) is 0 Å². The molecule has 0 fully saturated rings. The van der Waals surface area contributed by atoms with Crippen LogP contribution in [-0.2, 0) is 11.3 Å². The van der Waals surface area contributed by atoms with Gasteiger partial charge in [0, 0.05) is 22.7 Å². The Labute approximate surface area is 157 Å². The number of rotatable bonds is 6. The van der Waals surface area contributed by atoms with E-state index in [1.807, 2.05) is 55.6 Å². The van der Waals surface area contributed by atoms with Crippen molar-refractivity contribution in [1.82, 2.24) is 4.98 Å². The molecule has 0 aliphatic heterocycles. The number of quaternary nitrogens is 1. The van der Waals surface area contributed by atoms with Gasteiger partial charge in [0.25, 0.3) is 5.91 Å². The molecule has 6 heteroatoms. The van der Waals surface area contributed by atoms with Crippen molar-refractivity contribution in [3.8, 4) is 5.75 Å². The number of nitrogens with one attached hydrogen (secondary N) is 2. The molecule has 1 atom stereocenters. The van der Waals surface area contributed by atoms with Gasteiger partial charge in [-0.1, -0.05) is 35.9 Å².